The van der Waals surface area contributed by atoms with Gasteiger partial charge in [0, 0.05) is 17.0 Å². The van der Waals surface area contributed by atoms with E-state index in [-0.39, 0.29) is 0 Å². The van der Waals surface area contributed by atoms with Gasteiger partial charge in [0.1, 0.15) is 10.8 Å². The number of fused-ring (bicyclic) bond motifs is 1. The number of hydrogen-bond donors (Lipinski definition) is 1. The smallest absolute Gasteiger partial charge is 0.154 e. The van der Waals surface area contributed by atoms with Gasteiger partial charge in [-0.05, 0) is 30.9 Å². The molecule has 0 amide bonds. The Hall–Kier alpha value is -0.700. The summed E-state index contributed by atoms with van der Waals surface area (Å²) in [6.07, 6.45) is 2.54. The SMILES string of the molecule is CC(C)c1c(CNC2CC2)oc2c(Cl)c(Cl)ccc12. The molecule has 0 radical (unpaired) electrons. The standard InChI is InChI=1S/C15H17Cl2NO/c1-8(2)13-10-5-6-11(16)14(17)15(10)19-12(13)7-18-9-3-4-9/h5-6,8-9,18H,3-4,7H2,1-2H3. The fraction of sp³-hybridized carbons (Fsp3) is 0.467. The first-order chi connectivity index (χ1) is 9.08. The van der Waals surface area contributed by atoms with Crippen LogP contribution in [0.15, 0.2) is 16.5 Å². The van der Waals surface area contributed by atoms with E-state index in [1.807, 2.05) is 12.1 Å². The predicted octanol–water partition coefficient (Wildman–Crippen LogP) is 5.12. The summed E-state index contributed by atoms with van der Waals surface area (Å²) in [6.45, 7) is 5.11. The molecule has 19 heavy (non-hydrogen) atoms. The molecule has 1 aliphatic rings. The molecule has 1 aliphatic carbocycles. The van der Waals surface area contributed by atoms with E-state index in [4.69, 9.17) is 27.6 Å². The quantitative estimate of drug-likeness (QED) is 0.848. The largest absolute Gasteiger partial charge is 0.458 e. The lowest BCUT2D eigenvalue weighted by molar-refractivity contribution is 0.503. The van der Waals surface area contributed by atoms with Crippen molar-refractivity contribution in [3.8, 4) is 0 Å². The molecule has 3 rings (SSSR count). The topological polar surface area (TPSA) is 25.2 Å². The number of rotatable bonds is 4. The van der Waals surface area contributed by atoms with Crippen LogP contribution in [0.3, 0.4) is 0 Å². The van der Waals surface area contributed by atoms with E-state index < -0.39 is 0 Å². The molecule has 0 bridgehead atoms. The van der Waals surface area contributed by atoms with E-state index in [0.717, 1.165) is 17.7 Å². The van der Waals surface area contributed by atoms with Crippen LogP contribution >= 0.6 is 23.2 Å². The van der Waals surface area contributed by atoms with Crippen LogP contribution in [-0.2, 0) is 6.54 Å². The minimum Gasteiger partial charge on any atom is -0.458 e. The molecular formula is C15H17Cl2NO. The third kappa shape index (κ3) is 2.49. The Labute approximate surface area is 123 Å². The fourth-order valence-electron chi connectivity index (χ4n) is 2.46. The van der Waals surface area contributed by atoms with Crippen molar-refractivity contribution in [3.63, 3.8) is 0 Å². The Morgan fingerprint density at radius 1 is 1.32 bits per heavy atom. The highest BCUT2D eigenvalue weighted by atomic mass is 35.5. The van der Waals surface area contributed by atoms with Crippen molar-refractivity contribution in [1.29, 1.82) is 0 Å². The minimum atomic E-state index is 0.398. The van der Waals surface area contributed by atoms with Crippen LogP contribution in [0, 0.1) is 0 Å². The minimum absolute atomic E-state index is 0.398. The van der Waals surface area contributed by atoms with E-state index in [0.29, 0.717) is 27.6 Å². The normalized spacial score (nSPS) is 15.6. The number of benzene rings is 1. The van der Waals surface area contributed by atoms with Gasteiger partial charge in [0.05, 0.1) is 11.6 Å². The Kier molecular flexibility index (Phi) is 3.50. The molecule has 0 aliphatic heterocycles. The average Bonchev–Trinajstić information content (AvgIpc) is 3.11. The molecule has 1 saturated carbocycles. The molecule has 1 aromatic heterocycles. The van der Waals surface area contributed by atoms with E-state index >= 15 is 0 Å². The van der Waals surface area contributed by atoms with Gasteiger partial charge in [-0.15, -0.1) is 0 Å². The van der Waals surface area contributed by atoms with Crippen molar-refractivity contribution in [2.45, 2.75) is 45.2 Å². The average molecular weight is 298 g/mol. The highest BCUT2D eigenvalue weighted by Crippen LogP contribution is 2.38. The van der Waals surface area contributed by atoms with E-state index in [1.165, 1.54) is 18.4 Å². The van der Waals surface area contributed by atoms with E-state index in [9.17, 15) is 0 Å². The van der Waals surface area contributed by atoms with E-state index in [1.54, 1.807) is 0 Å². The van der Waals surface area contributed by atoms with Gasteiger partial charge in [-0.25, -0.2) is 0 Å². The number of hydrogen-bond acceptors (Lipinski definition) is 2. The van der Waals surface area contributed by atoms with Crippen molar-refractivity contribution in [2.24, 2.45) is 0 Å². The number of nitrogens with one attached hydrogen (secondary N) is 1. The third-order valence-electron chi connectivity index (χ3n) is 3.57. The first-order valence-corrected chi connectivity index (χ1v) is 7.46. The fourth-order valence-corrected chi connectivity index (χ4v) is 2.81. The molecule has 1 N–H and O–H groups in total. The van der Waals surface area contributed by atoms with Crippen LogP contribution in [0.25, 0.3) is 11.0 Å². The van der Waals surface area contributed by atoms with Crippen LogP contribution < -0.4 is 5.32 Å². The number of furan rings is 1. The molecule has 1 fully saturated rings. The monoisotopic (exact) mass is 297 g/mol. The highest BCUT2D eigenvalue weighted by Gasteiger charge is 2.24. The zero-order valence-electron chi connectivity index (χ0n) is 11.1. The van der Waals surface area contributed by atoms with Gasteiger partial charge >= 0.3 is 0 Å². The van der Waals surface area contributed by atoms with Crippen LogP contribution in [-0.4, -0.2) is 6.04 Å². The van der Waals surface area contributed by atoms with Gasteiger partial charge in [-0.2, -0.15) is 0 Å². The second-order valence-electron chi connectivity index (χ2n) is 5.49. The van der Waals surface area contributed by atoms with Gasteiger partial charge in [0.2, 0.25) is 0 Å². The first-order valence-electron chi connectivity index (χ1n) is 6.70. The highest BCUT2D eigenvalue weighted by molar-refractivity contribution is 6.44. The zero-order chi connectivity index (χ0) is 13.6. The van der Waals surface area contributed by atoms with Crippen molar-refractivity contribution >= 4 is 34.2 Å². The Bertz CT molecular complexity index is 614. The molecule has 1 aromatic carbocycles. The predicted molar refractivity (Wildman–Crippen MR) is 80.2 cm³/mol. The van der Waals surface area contributed by atoms with Gasteiger partial charge in [0.25, 0.3) is 0 Å². The molecule has 1 heterocycles. The molecular weight excluding hydrogens is 281 g/mol. The van der Waals surface area contributed by atoms with Crippen molar-refractivity contribution < 1.29 is 4.42 Å². The summed E-state index contributed by atoms with van der Waals surface area (Å²) in [5, 5.41) is 5.63. The van der Waals surface area contributed by atoms with E-state index in [2.05, 4.69) is 19.2 Å². The Balaban J connectivity index is 2.08. The van der Waals surface area contributed by atoms with Gasteiger partial charge < -0.3 is 9.73 Å². The molecule has 4 heteroatoms. The van der Waals surface area contributed by atoms with Crippen LogP contribution in [0.2, 0.25) is 10.0 Å². The lowest BCUT2D eigenvalue weighted by atomic mass is 9.99. The second-order valence-corrected chi connectivity index (χ2v) is 6.27. The van der Waals surface area contributed by atoms with Gasteiger partial charge in [-0.3, -0.25) is 0 Å². The zero-order valence-corrected chi connectivity index (χ0v) is 12.6. The summed E-state index contributed by atoms with van der Waals surface area (Å²) in [5.41, 5.74) is 1.95. The second kappa shape index (κ2) is 5.01. The molecule has 0 unspecified atom stereocenters. The number of halogens is 2. The molecule has 2 aromatic rings. The Morgan fingerprint density at radius 2 is 2.05 bits per heavy atom. The summed E-state index contributed by atoms with van der Waals surface area (Å²) in [6, 6.07) is 4.50. The Morgan fingerprint density at radius 3 is 2.68 bits per heavy atom. The van der Waals surface area contributed by atoms with Crippen molar-refractivity contribution in [3.05, 3.63) is 33.5 Å². The van der Waals surface area contributed by atoms with Crippen molar-refractivity contribution in [2.75, 3.05) is 0 Å². The summed E-state index contributed by atoms with van der Waals surface area (Å²) < 4.78 is 5.97. The summed E-state index contributed by atoms with van der Waals surface area (Å²) >= 11 is 12.3. The van der Waals surface area contributed by atoms with Gasteiger partial charge in [-0.1, -0.05) is 37.0 Å². The summed E-state index contributed by atoms with van der Waals surface area (Å²) in [5.74, 6) is 1.38. The third-order valence-corrected chi connectivity index (χ3v) is 4.36. The van der Waals surface area contributed by atoms with Gasteiger partial charge in [0.15, 0.2) is 5.58 Å². The maximum Gasteiger partial charge on any atom is 0.154 e. The van der Waals surface area contributed by atoms with Crippen LogP contribution in [0.5, 0.6) is 0 Å². The molecule has 102 valence electrons. The molecule has 0 atom stereocenters. The maximum atomic E-state index is 6.24. The molecule has 2 nitrogen and oxygen atoms in total. The summed E-state index contributed by atoms with van der Waals surface area (Å²) in [4.78, 5) is 0. The van der Waals surface area contributed by atoms with Crippen LogP contribution in [0.4, 0.5) is 0 Å². The first kappa shape index (κ1) is 13.3. The lowest BCUT2D eigenvalue weighted by Crippen LogP contribution is -2.15. The van der Waals surface area contributed by atoms with Crippen molar-refractivity contribution in [1.82, 2.24) is 5.32 Å². The lowest BCUT2D eigenvalue weighted by Gasteiger charge is -2.07. The molecule has 0 spiro atoms. The van der Waals surface area contributed by atoms with Crippen LogP contribution in [0.1, 0.15) is 43.9 Å². The molecule has 0 saturated heterocycles. The maximum absolute atomic E-state index is 6.24. The summed E-state index contributed by atoms with van der Waals surface area (Å²) in [7, 11) is 0.